The van der Waals surface area contributed by atoms with Crippen LogP contribution in [0.1, 0.15) is 12.0 Å². The fourth-order valence-corrected chi connectivity index (χ4v) is 3.48. The zero-order valence-corrected chi connectivity index (χ0v) is 11.6. The van der Waals surface area contributed by atoms with E-state index in [0.717, 1.165) is 6.42 Å². The Hall–Kier alpha value is -1.37. The average molecular weight is 283 g/mol. The second kappa shape index (κ2) is 5.73. The zero-order valence-electron chi connectivity index (χ0n) is 10.7. The van der Waals surface area contributed by atoms with Gasteiger partial charge < -0.3 is 9.84 Å². The summed E-state index contributed by atoms with van der Waals surface area (Å²) in [5.74, 6) is 0.486. The Morgan fingerprint density at radius 3 is 2.74 bits per heavy atom. The monoisotopic (exact) mass is 283 g/mol. The van der Waals surface area contributed by atoms with Gasteiger partial charge in [-0.2, -0.15) is 4.31 Å². The molecular formula is C13H17NO4S. The number of methoxy groups -OCH3 is 1. The number of rotatable bonds is 4. The first kappa shape index (κ1) is 14.0. The van der Waals surface area contributed by atoms with Crippen LogP contribution in [0.4, 0.5) is 0 Å². The maximum atomic E-state index is 12.4. The number of aliphatic hydroxyl groups is 1. The molecule has 1 N–H and O–H groups in total. The highest BCUT2D eigenvalue weighted by Crippen LogP contribution is 2.25. The van der Waals surface area contributed by atoms with Crippen molar-refractivity contribution in [2.24, 2.45) is 0 Å². The molecule has 0 aliphatic carbocycles. The summed E-state index contributed by atoms with van der Waals surface area (Å²) in [6, 6.07) is 4.54. The molecule has 19 heavy (non-hydrogen) atoms. The van der Waals surface area contributed by atoms with E-state index in [1.54, 1.807) is 6.07 Å². The molecule has 0 unspecified atom stereocenters. The van der Waals surface area contributed by atoms with Gasteiger partial charge in [-0.3, -0.25) is 0 Å². The van der Waals surface area contributed by atoms with E-state index in [-0.39, 0.29) is 11.5 Å². The van der Waals surface area contributed by atoms with Gasteiger partial charge in [-0.1, -0.05) is 12.2 Å². The number of ether oxygens (including phenoxy) is 1. The van der Waals surface area contributed by atoms with E-state index < -0.39 is 10.0 Å². The van der Waals surface area contributed by atoms with Crippen LogP contribution >= 0.6 is 0 Å². The third-order valence-electron chi connectivity index (χ3n) is 3.08. The van der Waals surface area contributed by atoms with Gasteiger partial charge in [0.1, 0.15) is 5.75 Å². The Morgan fingerprint density at radius 2 is 2.16 bits per heavy atom. The molecule has 1 aromatic carbocycles. The third kappa shape index (κ3) is 2.80. The highest BCUT2D eigenvalue weighted by Gasteiger charge is 2.25. The maximum absolute atomic E-state index is 12.4. The molecule has 0 spiro atoms. The molecule has 2 rings (SSSR count). The molecule has 0 bridgehead atoms. The summed E-state index contributed by atoms with van der Waals surface area (Å²) < 4.78 is 31.3. The molecule has 0 radical (unpaired) electrons. The molecule has 1 aliphatic heterocycles. The van der Waals surface area contributed by atoms with E-state index >= 15 is 0 Å². The molecule has 0 amide bonds. The minimum atomic E-state index is -3.50. The Kier molecular flexibility index (Phi) is 4.24. The molecule has 1 heterocycles. The predicted molar refractivity (Wildman–Crippen MR) is 71.4 cm³/mol. The first-order chi connectivity index (χ1) is 9.09. The first-order valence-corrected chi connectivity index (χ1v) is 7.46. The van der Waals surface area contributed by atoms with E-state index in [2.05, 4.69) is 0 Å². The number of benzene rings is 1. The van der Waals surface area contributed by atoms with Crippen LogP contribution in [0.15, 0.2) is 35.2 Å². The lowest BCUT2D eigenvalue weighted by Gasteiger charge is -2.23. The second-order valence-electron chi connectivity index (χ2n) is 4.25. The fourth-order valence-electron chi connectivity index (χ4n) is 2.03. The van der Waals surface area contributed by atoms with Crippen molar-refractivity contribution in [1.82, 2.24) is 4.31 Å². The summed E-state index contributed by atoms with van der Waals surface area (Å²) in [5.41, 5.74) is 0.469. The zero-order chi connectivity index (χ0) is 13.9. The van der Waals surface area contributed by atoms with Crippen molar-refractivity contribution in [2.45, 2.75) is 17.9 Å². The molecule has 0 aromatic heterocycles. The highest BCUT2D eigenvalue weighted by molar-refractivity contribution is 7.89. The summed E-state index contributed by atoms with van der Waals surface area (Å²) in [5, 5.41) is 9.25. The van der Waals surface area contributed by atoms with Gasteiger partial charge in [-0.15, -0.1) is 0 Å². The largest absolute Gasteiger partial charge is 0.496 e. The molecule has 0 atom stereocenters. The minimum Gasteiger partial charge on any atom is -0.496 e. The van der Waals surface area contributed by atoms with E-state index in [9.17, 15) is 13.5 Å². The van der Waals surface area contributed by atoms with Crippen LogP contribution in [0, 0.1) is 0 Å². The Balaban J connectivity index is 2.37. The first-order valence-electron chi connectivity index (χ1n) is 6.02. The normalized spacial score (nSPS) is 16.5. The van der Waals surface area contributed by atoms with Crippen LogP contribution in [-0.2, 0) is 16.6 Å². The molecule has 104 valence electrons. The smallest absolute Gasteiger partial charge is 0.243 e. The Morgan fingerprint density at radius 1 is 1.37 bits per heavy atom. The van der Waals surface area contributed by atoms with Gasteiger partial charge in [0.15, 0.2) is 0 Å². The van der Waals surface area contributed by atoms with E-state index in [4.69, 9.17) is 4.74 Å². The van der Waals surface area contributed by atoms with E-state index in [0.29, 0.717) is 24.4 Å². The molecule has 5 nitrogen and oxygen atoms in total. The van der Waals surface area contributed by atoms with Crippen LogP contribution in [0.25, 0.3) is 0 Å². The van der Waals surface area contributed by atoms with Crippen LogP contribution < -0.4 is 4.74 Å². The van der Waals surface area contributed by atoms with Gasteiger partial charge >= 0.3 is 0 Å². The lowest BCUT2D eigenvalue weighted by molar-refractivity contribution is 0.273. The van der Waals surface area contributed by atoms with Crippen LogP contribution in [-0.4, -0.2) is 38.0 Å². The quantitative estimate of drug-likeness (QED) is 0.841. The van der Waals surface area contributed by atoms with E-state index in [1.807, 2.05) is 12.2 Å². The topological polar surface area (TPSA) is 66.8 Å². The van der Waals surface area contributed by atoms with Crippen molar-refractivity contribution in [1.29, 1.82) is 0 Å². The van der Waals surface area contributed by atoms with Crippen molar-refractivity contribution < 1.29 is 18.3 Å². The Labute approximate surface area is 113 Å². The summed E-state index contributed by atoms with van der Waals surface area (Å²) in [6.45, 7) is 0.620. The molecule has 0 fully saturated rings. The molecule has 1 aromatic rings. The number of hydrogen-bond acceptors (Lipinski definition) is 4. The van der Waals surface area contributed by atoms with Crippen molar-refractivity contribution >= 4 is 10.0 Å². The minimum absolute atomic E-state index is 0.188. The lowest BCUT2D eigenvalue weighted by atomic mass is 10.2. The van der Waals surface area contributed by atoms with Crippen molar-refractivity contribution in [3.63, 3.8) is 0 Å². The number of hydrogen-bond donors (Lipinski definition) is 1. The molecule has 1 aliphatic rings. The number of sulfonamides is 1. The second-order valence-corrected chi connectivity index (χ2v) is 6.19. The summed E-state index contributed by atoms with van der Waals surface area (Å²) in [4.78, 5) is 0.188. The number of nitrogens with zero attached hydrogens (tertiary/aromatic N) is 1. The molecule has 0 saturated heterocycles. The molecule has 0 saturated carbocycles. The average Bonchev–Trinajstić information content (AvgIpc) is 2.47. The fraction of sp³-hybridized carbons (Fsp3) is 0.385. The molecule has 6 heteroatoms. The van der Waals surface area contributed by atoms with Crippen LogP contribution in [0.2, 0.25) is 0 Å². The van der Waals surface area contributed by atoms with Crippen molar-refractivity contribution in [3.8, 4) is 5.75 Å². The highest BCUT2D eigenvalue weighted by atomic mass is 32.2. The van der Waals surface area contributed by atoms with Gasteiger partial charge in [0.25, 0.3) is 0 Å². The third-order valence-corrected chi connectivity index (χ3v) is 4.94. The van der Waals surface area contributed by atoms with Crippen LogP contribution in [0.5, 0.6) is 5.75 Å². The predicted octanol–water partition coefficient (Wildman–Crippen LogP) is 1.14. The van der Waals surface area contributed by atoms with Gasteiger partial charge in [-0.05, 0) is 24.6 Å². The summed E-state index contributed by atoms with van der Waals surface area (Å²) in [6.07, 6.45) is 4.54. The summed E-state index contributed by atoms with van der Waals surface area (Å²) in [7, 11) is -2.02. The van der Waals surface area contributed by atoms with Crippen molar-refractivity contribution in [2.75, 3.05) is 20.2 Å². The van der Waals surface area contributed by atoms with Crippen LogP contribution in [0.3, 0.4) is 0 Å². The lowest BCUT2D eigenvalue weighted by Crippen LogP contribution is -2.33. The number of aliphatic hydroxyl groups excluding tert-OH is 1. The van der Waals surface area contributed by atoms with Gasteiger partial charge in [0.2, 0.25) is 10.0 Å². The van der Waals surface area contributed by atoms with Gasteiger partial charge in [0.05, 0.1) is 18.6 Å². The van der Waals surface area contributed by atoms with Gasteiger partial charge in [-0.25, -0.2) is 8.42 Å². The molecular weight excluding hydrogens is 266 g/mol. The standard InChI is InChI=1S/C13H17NO4S/c1-18-13-6-5-12(9-11(13)10-15)19(16,17)14-7-3-2-4-8-14/h2-3,5-6,9,15H,4,7-8,10H2,1H3. The maximum Gasteiger partial charge on any atom is 0.243 e. The van der Waals surface area contributed by atoms with Crippen molar-refractivity contribution in [3.05, 3.63) is 35.9 Å². The van der Waals surface area contributed by atoms with E-state index in [1.165, 1.54) is 23.5 Å². The Bertz CT molecular complexity index is 580. The SMILES string of the molecule is COc1ccc(S(=O)(=O)N2CC=CCC2)cc1CO. The van der Waals surface area contributed by atoms with Gasteiger partial charge in [0, 0.05) is 18.7 Å². The summed E-state index contributed by atoms with van der Waals surface area (Å²) >= 11 is 0.